The van der Waals surface area contributed by atoms with Crippen LogP contribution in [0.2, 0.25) is 10.0 Å². The van der Waals surface area contributed by atoms with Crippen molar-refractivity contribution >= 4 is 40.6 Å². The molecule has 1 aliphatic rings. The topological polar surface area (TPSA) is 58.1 Å². The Morgan fingerprint density at radius 3 is 2.58 bits per heavy atom. The smallest absolute Gasteiger partial charge is 0.274 e. The van der Waals surface area contributed by atoms with E-state index in [0.717, 1.165) is 25.9 Å². The van der Waals surface area contributed by atoms with Gasteiger partial charge in [-0.2, -0.15) is 0 Å². The molecular weight excluding hydrogens is 347 g/mol. The zero-order valence-electron chi connectivity index (χ0n) is 13.3. The predicted octanol–water partition coefficient (Wildman–Crippen LogP) is 4.40. The highest BCUT2D eigenvalue weighted by Crippen LogP contribution is 2.27. The van der Waals surface area contributed by atoms with Gasteiger partial charge in [0, 0.05) is 18.1 Å². The fourth-order valence-electron chi connectivity index (χ4n) is 2.61. The SMILES string of the molecule is CC1CCN(C(=O)c2cnc(Nc3ccc(Cl)cc3Cl)cn2)CC1. The number of nitrogens with zero attached hydrogens (tertiary/aromatic N) is 3. The Kier molecular flexibility index (Phi) is 5.21. The molecule has 1 N–H and O–H groups in total. The zero-order chi connectivity index (χ0) is 17.1. The summed E-state index contributed by atoms with van der Waals surface area (Å²) in [7, 11) is 0. The van der Waals surface area contributed by atoms with Crippen molar-refractivity contribution in [3.05, 3.63) is 46.3 Å². The lowest BCUT2D eigenvalue weighted by atomic mass is 9.99. The first-order valence-corrected chi connectivity index (χ1v) is 8.62. The van der Waals surface area contributed by atoms with Crippen LogP contribution >= 0.6 is 23.2 Å². The molecule has 0 spiro atoms. The van der Waals surface area contributed by atoms with E-state index in [4.69, 9.17) is 23.2 Å². The lowest BCUT2D eigenvalue weighted by molar-refractivity contribution is 0.0691. The number of hydrogen-bond acceptors (Lipinski definition) is 4. The summed E-state index contributed by atoms with van der Waals surface area (Å²) in [6.07, 6.45) is 5.10. The van der Waals surface area contributed by atoms with Crippen LogP contribution in [0.5, 0.6) is 0 Å². The summed E-state index contributed by atoms with van der Waals surface area (Å²) in [6.45, 7) is 3.77. The molecular formula is C17H18Cl2N4O. The predicted molar refractivity (Wildman–Crippen MR) is 96.1 cm³/mol. The average molecular weight is 365 g/mol. The van der Waals surface area contributed by atoms with Gasteiger partial charge in [0.05, 0.1) is 23.1 Å². The zero-order valence-corrected chi connectivity index (χ0v) is 14.8. The molecule has 1 saturated heterocycles. The number of likely N-dealkylation sites (tertiary alicyclic amines) is 1. The van der Waals surface area contributed by atoms with E-state index in [-0.39, 0.29) is 5.91 Å². The Bertz CT molecular complexity index is 728. The number of anilines is 2. The second kappa shape index (κ2) is 7.36. The summed E-state index contributed by atoms with van der Waals surface area (Å²) in [4.78, 5) is 22.8. The second-order valence-corrected chi connectivity index (χ2v) is 6.85. The highest BCUT2D eigenvalue weighted by atomic mass is 35.5. The van der Waals surface area contributed by atoms with Gasteiger partial charge in [0.15, 0.2) is 0 Å². The highest BCUT2D eigenvalue weighted by molar-refractivity contribution is 6.36. The number of rotatable bonds is 3. The lowest BCUT2D eigenvalue weighted by Gasteiger charge is -2.29. The van der Waals surface area contributed by atoms with Gasteiger partial charge in [-0.1, -0.05) is 30.1 Å². The molecule has 24 heavy (non-hydrogen) atoms. The van der Waals surface area contributed by atoms with E-state index in [1.807, 2.05) is 4.90 Å². The molecule has 1 fully saturated rings. The summed E-state index contributed by atoms with van der Waals surface area (Å²) in [5.74, 6) is 1.13. The average Bonchev–Trinajstić information content (AvgIpc) is 2.58. The third-order valence-electron chi connectivity index (χ3n) is 4.14. The minimum absolute atomic E-state index is 0.0644. The summed E-state index contributed by atoms with van der Waals surface area (Å²) in [5.41, 5.74) is 1.04. The normalized spacial score (nSPS) is 15.4. The summed E-state index contributed by atoms with van der Waals surface area (Å²) in [6, 6.07) is 5.15. The van der Waals surface area contributed by atoms with Crippen molar-refractivity contribution in [2.45, 2.75) is 19.8 Å². The second-order valence-electron chi connectivity index (χ2n) is 6.01. The quantitative estimate of drug-likeness (QED) is 0.876. The number of hydrogen-bond donors (Lipinski definition) is 1. The minimum atomic E-state index is -0.0644. The van der Waals surface area contributed by atoms with Gasteiger partial charge in [-0.15, -0.1) is 0 Å². The monoisotopic (exact) mass is 364 g/mol. The van der Waals surface area contributed by atoms with Gasteiger partial charge in [0.2, 0.25) is 0 Å². The number of nitrogens with one attached hydrogen (secondary N) is 1. The first-order chi connectivity index (χ1) is 11.5. The molecule has 1 aromatic heterocycles. The maximum Gasteiger partial charge on any atom is 0.274 e. The Labute approximate surface area is 151 Å². The number of amides is 1. The number of halogens is 2. The summed E-state index contributed by atoms with van der Waals surface area (Å²) >= 11 is 12.0. The fourth-order valence-corrected chi connectivity index (χ4v) is 3.06. The summed E-state index contributed by atoms with van der Waals surface area (Å²) in [5, 5.41) is 4.12. The summed E-state index contributed by atoms with van der Waals surface area (Å²) < 4.78 is 0. The largest absolute Gasteiger partial charge is 0.338 e. The first kappa shape index (κ1) is 17.0. The third-order valence-corrected chi connectivity index (χ3v) is 4.68. The van der Waals surface area contributed by atoms with Gasteiger partial charge in [-0.05, 0) is 37.0 Å². The molecule has 0 radical (unpaired) electrons. The molecule has 0 saturated carbocycles. The van der Waals surface area contributed by atoms with E-state index in [1.54, 1.807) is 18.2 Å². The molecule has 0 atom stereocenters. The first-order valence-electron chi connectivity index (χ1n) is 7.86. The molecule has 1 aromatic carbocycles. The van der Waals surface area contributed by atoms with Crippen LogP contribution in [0.4, 0.5) is 11.5 Å². The molecule has 7 heteroatoms. The van der Waals surface area contributed by atoms with Crippen LogP contribution in [0, 0.1) is 5.92 Å². The number of carbonyl (C=O) groups is 1. The minimum Gasteiger partial charge on any atom is -0.338 e. The highest BCUT2D eigenvalue weighted by Gasteiger charge is 2.22. The Hall–Kier alpha value is -1.85. The number of aromatic nitrogens is 2. The van der Waals surface area contributed by atoms with Crippen molar-refractivity contribution in [2.75, 3.05) is 18.4 Å². The molecule has 126 valence electrons. The van der Waals surface area contributed by atoms with Crippen LogP contribution in [-0.2, 0) is 0 Å². The Morgan fingerprint density at radius 1 is 1.21 bits per heavy atom. The maximum atomic E-state index is 12.4. The van der Waals surface area contributed by atoms with Gasteiger partial charge < -0.3 is 10.2 Å². The van der Waals surface area contributed by atoms with Gasteiger partial charge in [-0.3, -0.25) is 4.79 Å². The van der Waals surface area contributed by atoms with Crippen molar-refractivity contribution in [3.63, 3.8) is 0 Å². The molecule has 0 unspecified atom stereocenters. The van der Waals surface area contributed by atoms with Crippen molar-refractivity contribution in [1.29, 1.82) is 0 Å². The molecule has 2 aromatic rings. The van der Waals surface area contributed by atoms with Gasteiger partial charge in [0.1, 0.15) is 11.5 Å². The fraction of sp³-hybridized carbons (Fsp3) is 0.353. The molecule has 5 nitrogen and oxygen atoms in total. The van der Waals surface area contributed by atoms with Gasteiger partial charge in [0.25, 0.3) is 5.91 Å². The molecule has 1 aliphatic heterocycles. The van der Waals surface area contributed by atoms with Crippen molar-refractivity contribution in [1.82, 2.24) is 14.9 Å². The van der Waals surface area contributed by atoms with E-state index >= 15 is 0 Å². The molecule has 3 rings (SSSR count). The van der Waals surface area contributed by atoms with E-state index in [2.05, 4.69) is 22.2 Å². The van der Waals surface area contributed by atoms with Crippen molar-refractivity contribution in [3.8, 4) is 0 Å². The lowest BCUT2D eigenvalue weighted by Crippen LogP contribution is -2.38. The van der Waals surface area contributed by atoms with E-state index < -0.39 is 0 Å². The standard InChI is InChI=1S/C17H18Cl2N4O/c1-11-4-6-23(7-5-11)17(24)15-9-21-16(10-20-15)22-14-3-2-12(18)8-13(14)19/h2-3,8-11H,4-7H2,1H3,(H,21,22). The van der Waals surface area contributed by atoms with E-state index in [9.17, 15) is 4.79 Å². The maximum absolute atomic E-state index is 12.4. The molecule has 2 heterocycles. The van der Waals surface area contributed by atoms with Crippen molar-refractivity contribution < 1.29 is 4.79 Å². The van der Waals surface area contributed by atoms with Crippen molar-refractivity contribution in [2.24, 2.45) is 5.92 Å². The van der Waals surface area contributed by atoms with Crippen LogP contribution in [-0.4, -0.2) is 33.9 Å². The van der Waals surface area contributed by atoms with Crippen LogP contribution in [0.1, 0.15) is 30.3 Å². The molecule has 1 amide bonds. The van der Waals surface area contributed by atoms with Crippen LogP contribution in [0.15, 0.2) is 30.6 Å². The number of carbonyl (C=O) groups excluding carboxylic acids is 1. The Balaban J connectivity index is 1.68. The van der Waals surface area contributed by atoms with E-state index in [0.29, 0.717) is 33.2 Å². The Morgan fingerprint density at radius 2 is 1.96 bits per heavy atom. The number of benzene rings is 1. The van der Waals surface area contributed by atoms with Crippen LogP contribution in [0.25, 0.3) is 0 Å². The third kappa shape index (κ3) is 3.97. The molecule has 0 bridgehead atoms. The number of piperidine rings is 1. The van der Waals surface area contributed by atoms with Gasteiger partial charge >= 0.3 is 0 Å². The van der Waals surface area contributed by atoms with Gasteiger partial charge in [-0.25, -0.2) is 9.97 Å². The van der Waals surface area contributed by atoms with E-state index in [1.165, 1.54) is 12.4 Å². The molecule has 0 aliphatic carbocycles. The van der Waals surface area contributed by atoms with Crippen LogP contribution < -0.4 is 5.32 Å². The van der Waals surface area contributed by atoms with Crippen LogP contribution in [0.3, 0.4) is 0 Å².